The molecule has 0 atom stereocenters. The van der Waals surface area contributed by atoms with Crippen molar-refractivity contribution in [2.45, 2.75) is 12.7 Å². The molecule has 2 aromatic carbocycles. The van der Waals surface area contributed by atoms with Gasteiger partial charge < -0.3 is 20.5 Å². The highest BCUT2D eigenvalue weighted by atomic mass is 19.4. The van der Waals surface area contributed by atoms with Crippen molar-refractivity contribution in [2.24, 2.45) is 10.7 Å². The molecule has 2 rings (SSSR count). The lowest BCUT2D eigenvalue weighted by Gasteiger charge is -2.13. The highest BCUT2D eigenvalue weighted by Gasteiger charge is 2.33. The highest BCUT2D eigenvalue weighted by Crippen LogP contribution is 2.34. The summed E-state index contributed by atoms with van der Waals surface area (Å²) in [5.41, 5.74) is 5.60. The monoisotopic (exact) mass is 353 g/mol. The Balaban J connectivity index is 2.14. The highest BCUT2D eigenvalue weighted by molar-refractivity contribution is 5.92. The quantitative estimate of drug-likeness (QED) is 0.636. The zero-order chi connectivity index (χ0) is 18.4. The zero-order valence-corrected chi connectivity index (χ0v) is 13.7. The van der Waals surface area contributed by atoms with Gasteiger partial charge in [-0.2, -0.15) is 13.2 Å². The Hall–Kier alpha value is -2.90. The summed E-state index contributed by atoms with van der Waals surface area (Å²) in [4.78, 5) is 3.97. The maximum atomic E-state index is 13.1. The van der Waals surface area contributed by atoms with Crippen molar-refractivity contribution in [3.8, 4) is 11.5 Å². The number of anilines is 1. The summed E-state index contributed by atoms with van der Waals surface area (Å²) >= 11 is 0. The summed E-state index contributed by atoms with van der Waals surface area (Å²) in [5, 5.41) is 2.81. The van der Waals surface area contributed by atoms with Crippen molar-refractivity contribution in [2.75, 3.05) is 19.5 Å². The van der Waals surface area contributed by atoms with Crippen molar-refractivity contribution in [3.63, 3.8) is 0 Å². The van der Waals surface area contributed by atoms with Gasteiger partial charge >= 0.3 is 6.18 Å². The summed E-state index contributed by atoms with van der Waals surface area (Å²) in [6.07, 6.45) is -4.50. The number of guanidine groups is 1. The van der Waals surface area contributed by atoms with Crippen LogP contribution in [0.3, 0.4) is 0 Å². The van der Waals surface area contributed by atoms with E-state index in [-0.39, 0.29) is 23.8 Å². The SMILES string of the molecule is COc1ccc(NC(N)=NCc2ccc(OC)cc2C(F)(F)F)cc1. The second kappa shape index (κ2) is 7.78. The van der Waals surface area contributed by atoms with Crippen molar-refractivity contribution in [1.29, 1.82) is 0 Å². The number of halogens is 3. The molecule has 0 aromatic heterocycles. The molecular formula is C17H18F3N3O2. The van der Waals surface area contributed by atoms with Gasteiger partial charge in [0.15, 0.2) is 5.96 Å². The average molecular weight is 353 g/mol. The number of ether oxygens (including phenoxy) is 2. The van der Waals surface area contributed by atoms with Crippen LogP contribution in [0.4, 0.5) is 18.9 Å². The van der Waals surface area contributed by atoms with Gasteiger partial charge in [-0.25, -0.2) is 4.99 Å². The lowest BCUT2D eigenvalue weighted by atomic mass is 10.1. The van der Waals surface area contributed by atoms with Gasteiger partial charge in [0.1, 0.15) is 11.5 Å². The van der Waals surface area contributed by atoms with E-state index in [4.69, 9.17) is 15.2 Å². The van der Waals surface area contributed by atoms with E-state index in [0.717, 1.165) is 6.07 Å². The number of hydrogen-bond donors (Lipinski definition) is 2. The molecule has 0 fully saturated rings. The second-order valence-electron chi connectivity index (χ2n) is 5.08. The van der Waals surface area contributed by atoms with Gasteiger partial charge in [0, 0.05) is 5.69 Å². The van der Waals surface area contributed by atoms with E-state index in [1.54, 1.807) is 31.4 Å². The maximum absolute atomic E-state index is 13.1. The fraction of sp³-hybridized carbons (Fsp3) is 0.235. The number of nitrogens with one attached hydrogen (secondary N) is 1. The average Bonchev–Trinajstić information content (AvgIpc) is 2.59. The number of rotatable bonds is 5. The van der Waals surface area contributed by atoms with E-state index in [1.807, 2.05) is 0 Å². The number of nitrogens with two attached hydrogens (primary N) is 1. The van der Waals surface area contributed by atoms with Gasteiger partial charge in [0.25, 0.3) is 0 Å². The van der Waals surface area contributed by atoms with E-state index in [2.05, 4.69) is 10.3 Å². The fourth-order valence-electron chi connectivity index (χ4n) is 2.12. The molecule has 0 heterocycles. The summed E-state index contributed by atoms with van der Waals surface area (Å²) in [6.45, 7) is -0.214. The molecular weight excluding hydrogens is 335 g/mol. The molecule has 0 amide bonds. The maximum Gasteiger partial charge on any atom is 0.416 e. The Labute approximate surface area is 143 Å². The first-order valence-electron chi connectivity index (χ1n) is 7.28. The minimum atomic E-state index is -4.50. The van der Waals surface area contributed by atoms with Gasteiger partial charge in [-0.1, -0.05) is 6.07 Å². The number of methoxy groups -OCH3 is 2. The van der Waals surface area contributed by atoms with Gasteiger partial charge in [-0.15, -0.1) is 0 Å². The van der Waals surface area contributed by atoms with E-state index < -0.39 is 11.7 Å². The van der Waals surface area contributed by atoms with Crippen molar-refractivity contribution in [3.05, 3.63) is 53.6 Å². The number of aliphatic imine (C=N–C) groups is 1. The van der Waals surface area contributed by atoms with Crippen LogP contribution in [-0.4, -0.2) is 20.2 Å². The molecule has 0 aliphatic heterocycles. The predicted octanol–water partition coefficient (Wildman–Crippen LogP) is 3.65. The molecule has 8 heteroatoms. The summed E-state index contributed by atoms with van der Waals surface area (Å²) in [6, 6.07) is 10.6. The van der Waals surface area contributed by atoms with E-state index >= 15 is 0 Å². The van der Waals surface area contributed by atoms with Crippen LogP contribution in [0.15, 0.2) is 47.5 Å². The van der Waals surface area contributed by atoms with Crippen LogP contribution in [0.25, 0.3) is 0 Å². The van der Waals surface area contributed by atoms with E-state index in [9.17, 15) is 13.2 Å². The largest absolute Gasteiger partial charge is 0.497 e. The Morgan fingerprint density at radius 3 is 2.20 bits per heavy atom. The summed E-state index contributed by atoms with van der Waals surface area (Å²) in [7, 11) is 2.86. The fourth-order valence-corrected chi connectivity index (χ4v) is 2.12. The molecule has 0 aliphatic rings. The van der Waals surface area contributed by atoms with E-state index in [0.29, 0.717) is 11.4 Å². The molecule has 5 nitrogen and oxygen atoms in total. The van der Waals surface area contributed by atoms with Crippen molar-refractivity contribution >= 4 is 11.6 Å². The lowest BCUT2D eigenvalue weighted by molar-refractivity contribution is -0.138. The van der Waals surface area contributed by atoms with Crippen LogP contribution in [0, 0.1) is 0 Å². The molecule has 0 spiro atoms. The molecule has 25 heavy (non-hydrogen) atoms. The first kappa shape index (κ1) is 18.4. The minimum Gasteiger partial charge on any atom is -0.497 e. The summed E-state index contributed by atoms with van der Waals surface area (Å²) < 4.78 is 49.3. The minimum absolute atomic E-state index is 0.00720. The number of alkyl halides is 3. The summed E-state index contributed by atoms with van der Waals surface area (Å²) in [5.74, 6) is 0.813. The number of nitrogens with zero attached hydrogens (tertiary/aromatic N) is 1. The molecule has 0 saturated carbocycles. The Kier molecular flexibility index (Phi) is 5.74. The van der Waals surface area contributed by atoms with Gasteiger partial charge in [0.05, 0.1) is 26.3 Å². The van der Waals surface area contributed by atoms with Crippen LogP contribution in [0.5, 0.6) is 11.5 Å². The van der Waals surface area contributed by atoms with Gasteiger partial charge in [-0.05, 0) is 42.0 Å². The second-order valence-corrected chi connectivity index (χ2v) is 5.08. The molecule has 3 N–H and O–H groups in total. The lowest BCUT2D eigenvalue weighted by Crippen LogP contribution is -2.22. The van der Waals surface area contributed by atoms with Crippen LogP contribution < -0.4 is 20.5 Å². The Bertz CT molecular complexity index is 744. The smallest absolute Gasteiger partial charge is 0.416 e. The number of hydrogen-bond acceptors (Lipinski definition) is 3. The first-order chi connectivity index (χ1) is 11.8. The third kappa shape index (κ3) is 5.03. The topological polar surface area (TPSA) is 68.9 Å². The standard InChI is InChI=1S/C17H18F3N3O2/c1-24-13-7-4-12(5-8-13)23-16(21)22-10-11-3-6-14(25-2)9-15(11)17(18,19)20/h3-9H,10H2,1-2H3,(H3,21,22,23). The predicted molar refractivity (Wildman–Crippen MR) is 89.9 cm³/mol. The Morgan fingerprint density at radius 1 is 1.04 bits per heavy atom. The molecule has 0 aliphatic carbocycles. The van der Waals surface area contributed by atoms with Crippen molar-refractivity contribution < 1.29 is 22.6 Å². The normalized spacial score (nSPS) is 12.0. The third-order valence-electron chi connectivity index (χ3n) is 3.40. The molecule has 0 unspecified atom stereocenters. The van der Waals surface area contributed by atoms with Gasteiger partial charge in [0.2, 0.25) is 0 Å². The molecule has 0 saturated heterocycles. The number of benzene rings is 2. The van der Waals surface area contributed by atoms with Crippen LogP contribution >= 0.6 is 0 Å². The third-order valence-corrected chi connectivity index (χ3v) is 3.40. The van der Waals surface area contributed by atoms with Crippen LogP contribution in [0.2, 0.25) is 0 Å². The first-order valence-corrected chi connectivity index (χ1v) is 7.28. The van der Waals surface area contributed by atoms with Gasteiger partial charge in [-0.3, -0.25) is 0 Å². The van der Waals surface area contributed by atoms with Crippen molar-refractivity contribution in [1.82, 2.24) is 0 Å². The molecule has 2 aromatic rings. The molecule has 0 radical (unpaired) electrons. The van der Waals surface area contributed by atoms with Crippen LogP contribution in [0.1, 0.15) is 11.1 Å². The molecule has 0 bridgehead atoms. The molecule has 134 valence electrons. The zero-order valence-electron chi connectivity index (χ0n) is 13.7. The van der Waals surface area contributed by atoms with Crippen LogP contribution in [-0.2, 0) is 12.7 Å². The Morgan fingerprint density at radius 2 is 1.64 bits per heavy atom. The van der Waals surface area contributed by atoms with E-state index in [1.165, 1.54) is 19.2 Å².